The summed E-state index contributed by atoms with van der Waals surface area (Å²) in [6, 6.07) is 9.50. The van der Waals surface area contributed by atoms with Crippen LogP contribution in [0.15, 0.2) is 58.9 Å². The van der Waals surface area contributed by atoms with E-state index in [9.17, 15) is 23.9 Å². The summed E-state index contributed by atoms with van der Waals surface area (Å²) in [5.41, 5.74) is 2.23. The number of halogens is 3. The van der Waals surface area contributed by atoms with E-state index < -0.39 is 17.7 Å². The van der Waals surface area contributed by atoms with Gasteiger partial charge in [-0.1, -0.05) is 69.1 Å². The Bertz CT molecular complexity index is 1460. The molecular formula is C32H32Cl2FNO5. The molecule has 5 rings (SSSR count). The van der Waals surface area contributed by atoms with E-state index in [1.54, 1.807) is 35.2 Å². The summed E-state index contributed by atoms with van der Waals surface area (Å²) in [6.07, 6.45) is 1.48. The Balaban J connectivity index is 1.65. The molecule has 2 aromatic rings. The standard InChI is InChI=1S/C32H32Cl2FNO5/c1-31(2)11-22-28(24(37)13-31)27(29-23(36(22)15-26(39)40)12-32(3,4)14-25(29)38)18-9-19(33)30(20(34)10-18)41-16-17-7-5-6-8-21(17)35/h5-10,27H,11-16H2,1-4H3,(H,39,40). The molecule has 2 aromatic carbocycles. The number of allylic oxidation sites excluding steroid dienone is 4. The van der Waals surface area contributed by atoms with Crippen LogP contribution in [0.3, 0.4) is 0 Å². The SMILES string of the molecule is CC1(C)CC(=O)C2=C(C1)N(CC(=O)O)C1=C(C(=O)CC(C)(C)C1)C2c1cc(Cl)c(OCc2ccccc2F)c(Cl)c1. The summed E-state index contributed by atoms with van der Waals surface area (Å²) >= 11 is 13.4. The third-order valence-electron chi connectivity index (χ3n) is 8.00. The minimum Gasteiger partial charge on any atom is -0.486 e. The second-order valence-electron chi connectivity index (χ2n) is 12.7. The maximum absolute atomic E-state index is 14.1. The fourth-order valence-electron chi connectivity index (χ4n) is 6.36. The van der Waals surface area contributed by atoms with Crippen LogP contribution in [0.1, 0.15) is 70.4 Å². The Labute approximate surface area is 248 Å². The number of aliphatic carboxylic acids is 1. The molecule has 1 aliphatic heterocycles. The molecule has 0 amide bonds. The van der Waals surface area contributed by atoms with Crippen molar-refractivity contribution in [2.45, 2.75) is 65.9 Å². The largest absolute Gasteiger partial charge is 0.486 e. The molecule has 0 spiro atoms. The van der Waals surface area contributed by atoms with E-state index in [4.69, 9.17) is 27.9 Å². The Hall–Kier alpha value is -3.16. The van der Waals surface area contributed by atoms with Crippen LogP contribution in [0.4, 0.5) is 4.39 Å². The Morgan fingerprint density at radius 1 is 0.951 bits per heavy atom. The summed E-state index contributed by atoms with van der Waals surface area (Å²) in [5, 5.41) is 10.2. The summed E-state index contributed by atoms with van der Waals surface area (Å²) in [5.74, 6) is -2.30. The van der Waals surface area contributed by atoms with Crippen molar-refractivity contribution in [2.24, 2.45) is 10.8 Å². The lowest BCUT2D eigenvalue weighted by Gasteiger charge is -2.48. The van der Waals surface area contributed by atoms with Gasteiger partial charge in [0.25, 0.3) is 0 Å². The molecule has 0 saturated carbocycles. The van der Waals surface area contributed by atoms with Crippen LogP contribution in [0.25, 0.3) is 0 Å². The molecule has 6 nitrogen and oxygen atoms in total. The summed E-state index contributed by atoms with van der Waals surface area (Å²) < 4.78 is 20.0. The van der Waals surface area contributed by atoms with Gasteiger partial charge in [0.05, 0.1) is 10.0 Å². The molecule has 2 aliphatic carbocycles. The van der Waals surface area contributed by atoms with Gasteiger partial charge in [-0.25, -0.2) is 4.39 Å². The summed E-state index contributed by atoms with van der Waals surface area (Å²) in [4.78, 5) is 41.3. The minimum absolute atomic E-state index is 0.0925. The van der Waals surface area contributed by atoms with E-state index in [2.05, 4.69) is 0 Å². The molecule has 0 bridgehead atoms. The zero-order valence-electron chi connectivity index (χ0n) is 23.4. The number of carboxylic acid groups (broad SMARTS) is 1. The highest BCUT2D eigenvalue weighted by atomic mass is 35.5. The van der Waals surface area contributed by atoms with Crippen LogP contribution < -0.4 is 4.74 Å². The predicted molar refractivity (Wildman–Crippen MR) is 154 cm³/mol. The highest BCUT2D eigenvalue weighted by Crippen LogP contribution is 2.55. The van der Waals surface area contributed by atoms with E-state index >= 15 is 0 Å². The van der Waals surface area contributed by atoms with Crippen molar-refractivity contribution in [3.8, 4) is 5.75 Å². The molecule has 0 saturated heterocycles. The fraction of sp³-hybridized carbons (Fsp3) is 0.406. The van der Waals surface area contributed by atoms with E-state index in [1.807, 2.05) is 27.7 Å². The number of Topliss-reactive ketones (excluding diaryl/α,β-unsaturated/α-hetero) is 2. The summed E-state index contributed by atoms with van der Waals surface area (Å²) in [7, 11) is 0. The lowest BCUT2D eigenvalue weighted by Crippen LogP contribution is -2.45. The first-order valence-corrected chi connectivity index (χ1v) is 14.3. The Morgan fingerprint density at radius 2 is 1.46 bits per heavy atom. The number of hydrogen-bond donors (Lipinski definition) is 1. The van der Waals surface area contributed by atoms with Crippen molar-refractivity contribution in [1.82, 2.24) is 4.90 Å². The molecule has 1 N–H and O–H groups in total. The first-order valence-electron chi connectivity index (χ1n) is 13.5. The molecule has 216 valence electrons. The van der Waals surface area contributed by atoms with Gasteiger partial charge in [0, 0.05) is 46.9 Å². The first-order chi connectivity index (χ1) is 19.2. The van der Waals surface area contributed by atoms with Gasteiger partial charge in [-0.2, -0.15) is 0 Å². The number of carbonyl (C=O) groups excluding carboxylic acids is 2. The molecule has 41 heavy (non-hydrogen) atoms. The first kappa shape index (κ1) is 29.3. The number of carboxylic acids is 1. The van der Waals surface area contributed by atoms with Crippen molar-refractivity contribution >= 4 is 40.7 Å². The van der Waals surface area contributed by atoms with E-state index in [0.717, 1.165) is 0 Å². The van der Waals surface area contributed by atoms with E-state index in [1.165, 1.54) is 6.07 Å². The second-order valence-corrected chi connectivity index (χ2v) is 13.5. The van der Waals surface area contributed by atoms with Gasteiger partial charge >= 0.3 is 5.97 Å². The minimum atomic E-state index is -1.05. The monoisotopic (exact) mass is 599 g/mol. The number of rotatable bonds is 6. The number of nitrogens with zero attached hydrogens (tertiary/aromatic N) is 1. The smallest absolute Gasteiger partial charge is 0.323 e. The van der Waals surface area contributed by atoms with Crippen molar-refractivity contribution in [3.05, 3.63) is 85.9 Å². The molecule has 0 radical (unpaired) electrons. The second kappa shape index (κ2) is 10.6. The van der Waals surface area contributed by atoms with Crippen LogP contribution in [0.5, 0.6) is 5.75 Å². The van der Waals surface area contributed by atoms with Gasteiger partial charge in [-0.3, -0.25) is 14.4 Å². The molecule has 0 fully saturated rings. The van der Waals surface area contributed by atoms with Crippen molar-refractivity contribution in [1.29, 1.82) is 0 Å². The van der Waals surface area contributed by atoms with Crippen molar-refractivity contribution < 1.29 is 28.6 Å². The maximum Gasteiger partial charge on any atom is 0.323 e. The normalized spacial score (nSPS) is 20.2. The average molecular weight is 601 g/mol. The van der Waals surface area contributed by atoms with Gasteiger partial charge in [-0.05, 0) is 47.4 Å². The zero-order chi connectivity index (χ0) is 29.9. The lowest BCUT2D eigenvalue weighted by molar-refractivity contribution is -0.138. The molecule has 9 heteroatoms. The zero-order valence-corrected chi connectivity index (χ0v) is 25.0. The number of ether oxygens (including phenoxy) is 1. The topological polar surface area (TPSA) is 83.9 Å². The van der Waals surface area contributed by atoms with Crippen LogP contribution in [-0.4, -0.2) is 34.1 Å². The predicted octanol–water partition coefficient (Wildman–Crippen LogP) is 7.48. The molecule has 0 aromatic heterocycles. The third kappa shape index (κ3) is 5.67. The highest BCUT2D eigenvalue weighted by molar-refractivity contribution is 6.37. The van der Waals surface area contributed by atoms with Gasteiger partial charge in [-0.15, -0.1) is 0 Å². The average Bonchev–Trinajstić information content (AvgIpc) is 2.83. The molecule has 3 aliphatic rings. The van der Waals surface area contributed by atoms with Crippen molar-refractivity contribution in [3.63, 3.8) is 0 Å². The van der Waals surface area contributed by atoms with Crippen LogP contribution in [-0.2, 0) is 21.0 Å². The van der Waals surface area contributed by atoms with Gasteiger partial charge in [0.2, 0.25) is 0 Å². The summed E-state index contributed by atoms with van der Waals surface area (Å²) in [6.45, 7) is 7.50. The van der Waals surface area contributed by atoms with Crippen LogP contribution >= 0.6 is 23.2 Å². The molecular weight excluding hydrogens is 568 g/mol. The molecule has 0 atom stereocenters. The van der Waals surface area contributed by atoms with Gasteiger partial charge in [0.15, 0.2) is 17.3 Å². The van der Waals surface area contributed by atoms with Crippen molar-refractivity contribution in [2.75, 3.05) is 6.54 Å². The highest BCUT2D eigenvalue weighted by Gasteiger charge is 2.49. The van der Waals surface area contributed by atoms with E-state index in [0.29, 0.717) is 46.5 Å². The number of hydrogen-bond acceptors (Lipinski definition) is 5. The Morgan fingerprint density at radius 3 is 1.95 bits per heavy atom. The lowest BCUT2D eigenvalue weighted by atomic mass is 9.63. The third-order valence-corrected chi connectivity index (χ3v) is 8.56. The van der Waals surface area contributed by atoms with Crippen LogP contribution in [0.2, 0.25) is 10.0 Å². The quantitative estimate of drug-likeness (QED) is 0.370. The Kier molecular flexibility index (Phi) is 7.58. The van der Waals surface area contributed by atoms with Crippen LogP contribution in [0, 0.1) is 16.6 Å². The van der Waals surface area contributed by atoms with Gasteiger partial charge in [0.1, 0.15) is 19.0 Å². The van der Waals surface area contributed by atoms with E-state index in [-0.39, 0.29) is 64.2 Å². The number of carbonyl (C=O) groups is 3. The maximum atomic E-state index is 14.1. The number of ketones is 2. The molecule has 0 unspecified atom stereocenters. The van der Waals surface area contributed by atoms with Gasteiger partial charge < -0.3 is 14.7 Å². The fourth-order valence-corrected chi connectivity index (χ4v) is 6.97. The number of benzene rings is 2. The molecule has 1 heterocycles.